The lowest BCUT2D eigenvalue weighted by Gasteiger charge is -2.25. The number of unbranched alkanes of at least 4 members (excludes halogenated alkanes) is 2. The standard InChI is InChI=1S/C14H29NO2/c1-16-13-8-4-2-5-9-14(12-13)17-11-7-3-6-10-15/h13-14H,2-12,15H2,1H3. The van der Waals surface area contributed by atoms with E-state index >= 15 is 0 Å². The van der Waals surface area contributed by atoms with Crippen LogP contribution in [-0.2, 0) is 9.47 Å². The van der Waals surface area contributed by atoms with E-state index in [9.17, 15) is 0 Å². The zero-order chi connectivity index (χ0) is 12.3. The largest absolute Gasteiger partial charge is 0.381 e. The Balaban J connectivity index is 2.14. The van der Waals surface area contributed by atoms with Gasteiger partial charge in [0.2, 0.25) is 0 Å². The average molecular weight is 243 g/mol. The summed E-state index contributed by atoms with van der Waals surface area (Å²) in [5, 5.41) is 0. The molecule has 3 nitrogen and oxygen atoms in total. The molecule has 1 rings (SSSR count). The highest BCUT2D eigenvalue weighted by molar-refractivity contribution is 4.70. The van der Waals surface area contributed by atoms with Crippen LogP contribution in [0.4, 0.5) is 0 Å². The van der Waals surface area contributed by atoms with Crippen molar-refractivity contribution in [1.29, 1.82) is 0 Å². The summed E-state index contributed by atoms with van der Waals surface area (Å²) in [5.74, 6) is 0. The first kappa shape index (κ1) is 14.9. The van der Waals surface area contributed by atoms with Crippen LogP contribution in [0.3, 0.4) is 0 Å². The van der Waals surface area contributed by atoms with Gasteiger partial charge in [0.1, 0.15) is 0 Å². The molecule has 0 bridgehead atoms. The smallest absolute Gasteiger partial charge is 0.0599 e. The highest BCUT2D eigenvalue weighted by atomic mass is 16.5. The van der Waals surface area contributed by atoms with Gasteiger partial charge in [-0.1, -0.05) is 19.3 Å². The van der Waals surface area contributed by atoms with Crippen LogP contribution in [0.25, 0.3) is 0 Å². The Labute approximate surface area is 106 Å². The van der Waals surface area contributed by atoms with E-state index in [1.165, 1.54) is 38.5 Å². The molecule has 0 radical (unpaired) electrons. The highest BCUT2D eigenvalue weighted by Crippen LogP contribution is 2.21. The highest BCUT2D eigenvalue weighted by Gasteiger charge is 2.18. The molecule has 0 spiro atoms. The first-order valence-corrected chi connectivity index (χ1v) is 7.21. The van der Waals surface area contributed by atoms with Crippen molar-refractivity contribution in [3.8, 4) is 0 Å². The summed E-state index contributed by atoms with van der Waals surface area (Å²) in [4.78, 5) is 0. The second-order valence-electron chi connectivity index (χ2n) is 5.07. The van der Waals surface area contributed by atoms with Crippen LogP contribution in [0.1, 0.15) is 57.8 Å². The second kappa shape index (κ2) is 9.86. The van der Waals surface area contributed by atoms with E-state index < -0.39 is 0 Å². The Bertz CT molecular complexity index is 176. The van der Waals surface area contributed by atoms with Crippen molar-refractivity contribution >= 4 is 0 Å². The summed E-state index contributed by atoms with van der Waals surface area (Å²) in [5.41, 5.74) is 5.47. The molecule has 1 aliphatic rings. The molecule has 3 heteroatoms. The normalized spacial score (nSPS) is 26.5. The van der Waals surface area contributed by atoms with Crippen molar-refractivity contribution in [2.24, 2.45) is 5.73 Å². The van der Waals surface area contributed by atoms with Gasteiger partial charge in [-0.25, -0.2) is 0 Å². The zero-order valence-electron chi connectivity index (χ0n) is 11.3. The van der Waals surface area contributed by atoms with Crippen LogP contribution in [0.15, 0.2) is 0 Å². The van der Waals surface area contributed by atoms with Gasteiger partial charge in [-0.3, -0.25) is 0 Å². The van der Waals surface area contributed by atoms with E-state index in [0.29, 0.717) is 12.2 Å². The second-order valence-corrected chi connectivity index (χ2v) is 5.07. The van der Waals surface area contributed by atoms with Gasteiger partial charge in [-0.15, -0.1) is 0 Å². The van der Waals surface area contributed by atoms with E-state index in [1.807, 2.05) is 7.11 Å². The SMILES string of the molecule is COC1CCCCCC(OCCCCCN)C1. The fourth-order valence-electron chi connectivity index (χ4n) is 2.49. The molecule has 0 heterocycles. The first-order chi connectivity index (χ1) is 8.36. The number of ether oxygens (including phenoxy) is 2. The van der Waals surface area contributed by atoms with Gasteiger partial charge in [-0.2, -0.15) is 0 Å². The van der Waals surface area contributed by atoms with Crippen LogP contribution < -0.4 is 5.73 Å². The van der Waals surface area contributed by atoms with Gasteiger partial charge in [0, 0.05) is 13.7 Å². The molecule has 2 unspecified atom stereocenters. The Morgan fingerprint density at radius 2 is 1.76 bits per heavy atom. The summed E-state index contributed by atoms with van der Waals surface area (Å²) in [7, 11) is 1.82. The van der Waals surface area contributed by atoms with Crippen LogP contribution in [0.5, 0.6) is 0 Å². The Hall–Kier alpha value is -0.120. The summed E-state index contributed by atoms with van der Waals surface area (Å²) in [6.45, 7) is 1.69. The molecular formula is C14H29NO2. The number of hydrogen-bond acceptors (Lipinski definition) is 3. The maximum absolute atomic E-state index is 5.98. The fraction of sp³-hybridized carbons (Fsp3) is 1.00. The molecule has 0 aromatic rings. The van der Waals surface area contributed by atoms with Crippen LogP contribution in [0, 0.1) is 0 Å². The predicted molar refractivity (Wildman–Crippen MR) is 71.1 cm³/mol. The molecule has 2 atom stereocenters. The number of methoxy groups -OCH3 is 1. The van der Waals surface area contributed by atoms with Gasteiger partial charge < -0.3 is 15.2 Å². The molecule has 102 valence electrons. The number of hydrogen-bond donors (Lipinski definition) is 1. The van der Waals surface area contributed by atoms with Crippen molar-refractivity contribution in [1.82, 2.24) is 0 Å². The molecule has 1 fully saturated rings. The lowest BCUT2D eigenvalue weighted by molar-refractivity contribution is -0.0153. The van der Waals surface area contributed by atoms with Crippen molar-refractivity contribution in [2.45, 2.75) is 70.0 Å². The minimum atomic E-state index is 0.407. The molecule has 0 aromatic heterocycles. The van der Waals surface area contributed by atoms with Crippen molar-refractivity contribution in [3.05, 3.63) is 0 Å². The maximum Gasteiger partial charge on any atom is 0.0599 e. The lowest BCUT2D eigenvalue weighted by Crippen LogP contribution is -2.24. The van der Waals surface area contributed by atoms with Gasteiger partial charge in [-0.05, 0) is 45.1 Å². The third kappa shape index (κ3) is 7.02. The van der Waals surface area contributed by atoms with E-state index in [0.717, 1.165) is 32.4 Å². The topological polar surface area (TPSA) is 44.5 Å². The quantitative estimate of drug-likeness (QED) is 0.699. The average Bonchev–Trinajstić information content (AvgIpc) is 2.31. The third-order valence-electron chi connectivity index (χ3n) is 3.61. The summed E-state index contributed by atoms with van der Waals surface area (Å²) < 4.78 is 11.5. The summed E-state index contributed by atoms with van der Waals surface area (Å²) >= 11 is 0. The fourth-order valence-corrected chi connectivity index (χ4v) is 2.49. The molecule has 17 heavy (non-hydrogen) atoms. The Kier molecular flexibility index (Phi) is 8.67. The van der Waals surface area contributed by atoms with E-state index in [4.69, 9.17) is 15.2 Å². The minimum Gasteiger partial charge on any atom is -0.381 e. The maximum atomic E-state index is 5.98. The minimum absolute atomic E-state index is 0.407. The summed E-state index contributed by atoms with van der Waals surface area (Å²) in [6, 6.07) is 0. The number of rotatable bonds is 7. The molecule has 1 aliphatic carbocycles. The lowest BCUT2D eigenvalue weighted by atomic mass is 9.96. The van der Waals surface area contributed by atoms with Gasteiger partial charge in [0.05, 0.1) is 12.2 Å². The molecule has 1 saturated carbocycles. The van der Waals surface area contributed by atoms with Gasteiger partial charge >= 0.3 is 0 Å². The van der Waals surface area contributed by atoms with E-state index in [1.54, 1.807) is 0 Å². The van der Waals surface area contributed by atoms with Crippen molar-refractivity contribution < 1.29 is 9.47 Å². The van der Waals surface area contributed by atoms with Gasteiger partial charge in [0.15, 0.2) is 0 Å². The molecule has 2 N–H and O–H groups in total. The van der Waals surface area contributed by atoms with E-state index in [2.05, 4.69) is 0 Å². The molecule has 0 aliphatic heterocycles. The first-order valence-electron chi connectivity index (χ1n) is 7.21. The Morgan fingerprint density at radius 1 is 1.00 bits per heavy atom. The summed E-state index contributed by atoms with van der Waals surface area (Å²) in [6.07, 6.45) is 11.7. The van der Waals surface area contributed by atoms with Crippen LogP contribution >= 0.6 is 0 Å². The monoisotopic (exact) mass is 243 g/mol. The molecule has 0 saturated heterocycles. The zero-order valence-corrected chi connectivity index (χ0v) is 11.3. The third-order valence-corrected chi connectivity index (χ3v) is 3.61. The molecular weight excluding hydrogens is 214 g/mol. The molecule has 0 aromatic carbocycles. The molecule has 0 amide bonds. The van der Waals surface area contributed by atoms with Crippen molar-refractivity contribution in [2.75, 3.05) is 20.3 Å². The van der Waals surface area contributed by atoms with Gasteiger partial charge in [0.25, 0.3) is 0 Å². The predicted octanol–water partition coefficient (Wildman–Crippen LogP) is 2.87. The Morgan fingerprint density at radius 3 is 2.47 bits per heavy atom. The number of nitrogens with two attached hydrogens (primary N) is 1. The van der Waals surface area contributed by atoms with Crippen molar-refractivity contribution in [3.63, 3.8) is 0 Å². The van der Waals surface area contributed by atoms with E-state index in [-0.39, 0.29) is 0 Å². The van der Waals surface area contributed by atoms with Crippen LogP contribution in [0.2, 0.25) is 0 Å². The van der Waals surface area contributed by atoms with Crippen LogP contribution in [-0.4, -0.2) is 32.5 Å².